The molecule has 1 aromatic carbocycles. The normalized spacial score (nSPS) is 14.6. The minimum absolute atomic E-state index is 0.264. The average Bonchev–Trinajstić information content (AvgIpc) is 3.04. The quantitative estimate of drug-likeness (QED) is 0.865. The molecule has 0 aliphatic heterocycles. The van der Waals surface area contributed by atoms with Gasteiger partial charge in [-0.15, -0.1) is 0 Å². The topological polar surface area (TPSA) is 66.9 Å². The van der Waals surface area contributed by atoms with Crippen molar-refractivity contribution in [2.75, 3.05) is 10.6 Å². The molecule has 5 nitrogen and oxygen atoms in total. The smallest absolute Gasteiger partial charge is 0.274 e. The predicted octanol–water partition coefficient (Wildman–Crippen LogP) is 4.35. The Labute approximate surface area is 146 Å². The molecule has 1 saturated carbocycles. The highest BCUT2D eigenvalue weighted by molar-refractivity contribution is 6.31. The lowest BCUT2D eigenvalue weighted by Gasteiger charge is -2.14. The third kappa shape index (κ3) is 3.85. The van der Waals surface area contributed by atoms with Crippen molar-refractivity contribution < 1.29 is 4.79 Å². The van der Waals surface area contributed by atoms with Crippen molar-refractivity contribution >= 4 is 29.1 Å². The predicted molar refractivity (Wildman–Crippen MR) is 96.8 cm³/mol. The van der Waals surface area contributed by atoms with Crippen LogP contribution in [0.25, 0.3) is 0 Å². The third-order valence-electron chi connectivity index (χ3n) is 4.29. The summed E-state index contributed by atoms with van der Waals surface area (Å²) in [4.78, 5) is 21.3. The Morgan fingerprint density at radius 2 is 1.96 bits per heavy atom. The van der Waals surface area contributed by atoms with Gasteiger partial charge in [0.05, 0.1) is 0 Å². The number of hydrogen-bond donors (Lipinski definition) is 2. The molecule has 0 bridgehead atoms. The average molecular weight is 345 g/mol. The van der Waals surface area contributed by atoms with E-state index in [2.05, 4.69) is 20.6 Å². The van der Waals surface area contributed by atoms with Gasteiger partial charge in [-0.1, -0.05) is 30.5 Å². The number of nitrogens with zero attached hydrogens (tertiary/aromatic N) is 2. The van der Waals surface area contributed by atoms with Gasteiger partial charge in [0.15, 0.2) is 0 Å². The Morgan fingerprint density at radius 1 is 1.21 bits per heavy atom. The lowest BCUT2D eigenvalue weighted by molar-refractivity contribution is 0.102. The summed E-state index contributed by atoms with van der Waals surface area (Å²) in [6.45, 7) is 3.74. The molecule has 1 aromatic heterocycles. The molecule has 1 aliphatic carbocycles. The highest BCUT2D eigenvalue weighted by Crippen LogP contribution is 2.24. The van der Waals surface area contributed by atoms with E-state index in [9.17, 15) is 4.79 Å². The highest BCUT2D eigenvalue weighted by atomic mass is 35.5. The first kappa shape index (κ1) is 16.7. The molecule has 0 radical (unpaired) electrons. The van der Waals surface area contributed by atoms with Gasteiger partial charge in [0.2, 0.25) is 5.95 Å². The minimum atomic E-state index is -0.264. The molecular formula is C18H21ClN4O. The molecule has 2 N–H and O–H groups in total. The Balaban J connectivity index is 1.78. The first-order chi connectivity index (χ1) is 11.5. The highest BCUT2D eigenvalue weighted by Gasteiger charge is 2.17. The molecule has 1 amide bonds. The van der Waals surface area contributed by atoms with Crippen LogP contribution in [0.3, 0.4) is 0 Å². The number of anilines is 2. The van der Waals surface area contributed by atoms with E-state index < -0.39 is 0 Å². The fourth-order valence-corrected chi connectivity index (χ4v) is 3.11. The largest absolute Gasteiger partial charge is 0.351 e. The molecule has 2 aromatic rings. The summed E-state index contributed by atoms with van der Waals surface area (Å²) in [5.41, 5.74) is 2.64. The SMILES string of the molecule is Cc1cc(C(=O)Nc2cccc(Cl)c2C)nc(NC2CCCC2)n1. The van der Waals surface area contributed by atoms with Crippen LogP contribution in [0, 0.1) is 13.8 Å². The first-order valence-corrected chi connectivity index (χ1v) is 8.59. The molecule has 24 heavy (non-hydrogen) atoms. The van der Waals surface area contributed by atoms with E-state index in [4.69, 9.17) is 11.6 Å². The summed E-state index contributed by atoms with van der Waals surface area (Å²) in [5.74, 6) is 0.259. The van der Waals surface area contributed by atoms with Crippen LogP contribution < -0.4 is 10.6 Å². The molecular weight excluding hydrogens is 324 g/mol. The number of carbonyl (C=O) groups is 1. The van der Waals surface area contributed by atoms with Crippen LogP contribution in [0.1, 0.15) is 47.4 Å². The van der Waals surface area contributed by atoms with Crippen molar-refractivity contribution in [3.05, 3.63) is 46.2 Å². The zero-order valence-corrected chi connectivity index (χ0v) is 14.7. The second-order valence-corrected chi connectivity index (χ2v) is 6.62. The Bertz CT molecular complexity index is 757. The number of aromatic nitrogens is 2. The van der Waals surface area contributed by atoms with E-state index in [1.54, 1.807) is 12.1 Å². The van der Waals surface area contributed by atoms with Gasteiger partial charge in [-0.3, -0.25) is 4.79 Å². The van der Waals surface area contributed by atoms with Crippen LogP contribution in [0.2, 0.25) is 5.02 Å². The maximum atomic E-state index is 12.5. The molecule has 0 atom stereocenters. The number of benzene rings is 1. The lowest BCUT2D eigenvalue weighted by Crippen LogP contribution is -2.20. The van der Waals surface area contributed by atoms with Crippen molar-refractivity contribution in [3.8, 4) is 0 Å². The number of hydrogen-bond acceptors (Lipinski definition) is 4. The fourth-order valence-electron chi connectivity index (χ4n) is 2.93. The lowest BCUT2D eigenvalue weighted by atomic mass is 10.2. The maximum Gasteiger partial charge on any atom is 0.274 e. The summed E-state index contributed by atoms with van der Waals surface area (Å²) in [7, 11) is 0. The molecule has 0 spiro atoms. The zero-order valence-electron chi connectivity index (χ0n) is 13.9. The van der Waals surface area contributed by atoms with Gasteiger partial charge >= 0.3 is 0 Å². The summed E-state index contributed by atoms with van der Waals surface area (Å²) in [6.07, 6.45) is 4.71. The van der Waals surface area contributed by atoms with Gasteiger partial charge in [0.1, 0.15) is 5.69 Å². The molecule has 126 valence electrons. The minimum Gasteiger partial charge on any atom is -0.351 e. The molecule has 3 rings (SSSR count). The van der Waals surface area contributed by atoms with Gasteiger partial charge in [-0.2, -0.15) is 0 Å². The van der Waals surface area contributed by atoms with Crippen LogP contribution in [0.4, 0.5) is 11.6 Å². The van der Waals surface area contributed by atoms with E-state index in [-0.39, 0.29) is 5.91 Å². The molecule has 1 aliphatic rings. The molecule has 0 unspecified atom stereocenters. The van der Waals surface area contributed by atoms with Gasteiger partial charge in [0, 0.05) is 22.4 Å². The molecule has 0 saturated heterocycles. The third-order valence-corrected chi connectivity index (χ3v) is 4.70. The number of aryl methyl sites for hydroxylation is 1. The van der Waals surface area contributed by atoms with Crippen LogP contribution in [0.15, 0.2) is 24.3 Å². The summed E-state index contributed by atoms with van der Waals surface area (Å²) >= 11 is 6.10. The summed E-state index contributed by atoms with van der Waals surface area (Å²) in [5, 5.41) is 6.83. The van der Waals surface area contributed by atoms with Crippen molar-refractivity contribution in [1.29, 1.82) is 0 Å². The second-order valence-electron chi connectivity index (χ2n) is 6.21. The molecule has 6 heteroatoms. The van der Waals surface area contributed by atoms with E-state index in [0.29, 0.717) is 28.4 Å². The van der Waals surface area contributed by atoms with Gasteiger partial charge in [0.25, 0.3) is 5.91 Å². The Hall–Kier alpha value is -2.14. The number of halogens is 1. The Kier molecular flexibility index (Phi) is 5.00. The van der Waals surface area contributed by atoms with Gasteiger partial charge in [-0.05, 0) is 50.5 Å². The maximum absolute atomic E-state index is 12.5. The Morgan fingerprint density at radius 3 is 2.71 bits per heavy atom. The van der Waals surface area contributed by atoms with Crippen LogP contribution in [-0.4, -0.2) is 21.9 Å². The molecule has 1 heterocycles. The van der Waals surface area contributed by atoms with Gasteiger partial charge < -0.3 is 10.6 Å². The second kappa shape index (κ2) is 7.18. The van der Waals surface area contributed by atoms with Crippen molar-refractivity contribution in [1.82, 2.24) is 9.97 Å². The molecule has 1 fully saturated rings. The van der Waals surface area contributed by atoms with Crippen molar-refractivity contribution in [2.24, 2.45) is 0 Å². The van der Waals surface area contributed by atoms with Crippen LogP contribution in [-0.2, 0) is 0 Å². The van der Waals surface area contributed by atoms with E-state index in [1.165, 1.54) is 12.8 Å². The van der Waals surface area contributed by atoms with Crippen molar-refractivity contribution in [2.45, 2.75) is 45.6 Å². The number of rotatable bonds is 4. The zero-order chi connectivity index (χ0) is 17.1. The standard InChI is InChI=1S/C18H21ClN4O/c1-11-10-16(23-18(20-11)21-13-6-3-4-7-13)17(24)22-15-9-5-8-14(19)12(15)2/h5,8-10,13H,3-4,6-7H2,1-2H3,(H,22,24)(H,20,21,23). The summed E-state index contributed by atoms with van der Waals surface area (Å²) in [6, 6.07) is 7.52. The van der Waals surface area contributed by atoms with Crippen molar-refractivity contribution in [3.63, 3.8) is 0 Å². The number of amides is 1. The first-order valence-electron chi connectivity index (χ1n) is 8.21. The van der Waals surface area contributed by atoms with Crippen LogP contribution >= 0.6 is 11.6 Å². The monoisotopic (exact) mass is 344 g/mol. The van der Waals surface area contributed by atoms with E-state index in [1.807, 2.05) is 26.0 Å². The van der Waals surface area contributed by atoms with E-state index >= 15 is 0 Å². The van der Waals surface area contributed by atoms with E-state index in [0.717, 1.165) is 24.1 Å². The summed E-state index contributed by atoms with van der Waals surface area (Å²) < 4.78 is 0. The number of carbonyl (C=O) groups excluding carboxylic acids is 1. The van der Waals surface area contributed by atoms with Crippen LogP contribution in [0.5, 0.6) is 0 Å². The number of nitrogens with one attached hydrogen (secondary N) is 2. The fraction of sp³-hybridized carbons (Fsp3) is 0.389. The van der Waals surface area contributed by atoms with Gasteiger partial charge in [-0.25, -0.2) is 9.97 Å².